The highest BCUT2D eigenvalue weighted by Crippen LogP contribution is 2.39. The molecule has 150 valence electrons. The van der Waals surface area contributed by atoms with Gasteiger partial charge in [0.25, 0.3) is 11.4 Å². The Hall–Kier alpha value is -3.45. The number of hydrogen-bond donors (Lipinski definition) is 1. The van der Waals surface area contributed by atoms with Gasteiger partial charge in [-0.05, 0) is 37.1 Å². The van der Waals surface area contributed by atoms with E-state index in [-0.39, 0.29) is 18.0 Å². The van der Waals surface area contributed by atoms with Crippen molar-refractivity contribution in [2.75, 3.05) is 5.32 Å². The summed E-state index contributed by atoms with van der Waals surface area (Å²) in [5, 5.41) is 8.10. The maximum atomic E-state index is 12.9. The largest absolute Gasteiger partial charge is 0.334 e. The number of carbonyl (C=O) groups is 1. The van der Waals surface area contributed by atoms with Gasteiger partial charge < -0.3 is 9.84 Å². The van der Waals surface area contributed by atoms with E-state index in [0.29, 0.717) is 39.4 Å². The first kappa shape index (κ1) is 18.6. The minimum absolute atomic E-state index is 0.136. The number of halogens is 1. The number of aromatic nitrogens is 3. The van der Waals surface area contributed by atoms with Gasteiger partial charge in [-0.15, -0.1) is 0 Å². The number of pyridine rings is 1. The maximum Gasteiger partial charge on any atom is 0.258 e. The zero-order chi connectivity index (χ0) is 20.7. The summed E-state index contributed by atoms with van der Waals surface area (Å²) in [6.07, 6.45) is 2.12. The number of benzene rings is 2. The Morgan fingerprint density at radius 1 is 1.17 bits per heavy atom. The Morgan fingerprint density at radius 2 is 2.00 bits per heavy atom. The van der Waals surface area contributed by atoms with Gasteiger partial charge in [-0.1, -0.05) is 41.0 Å². The molecule has 5 rings (SSSR count). The van der Waals surface area contributed by atoms with E-state index in [4.69, 9.17) is 16.1 Å². The number of carbonyl (C=O) groups excluding carboxylic acids is 1. The topological polar surface area (TPSA) is 90.0 Å². The molecule has 1 fully saturated rings. The summed E-state index contributed by atoms with van der Waals surface area (Å²) in [5.41, 5.74) is 1.44. The highest BCUT2D eigenvalue weighted by atomic mass is 35.5. The first-order valence-electron chi connectivity index (χ1n) is 9.60. The van der Waals surface area contributed by atoms with Crippen LogP contribution in [0.1, 0.15) is 24.6 Å². The second-order valence-corrected chi connectivity index (χ2v) is 7.73. The van der Waals surface area contributed by atoms with Crippen LogP contribution in [-0.4, -0.2) is 20.6 Å². The predicted molar refractivity (Wildman–Crippen MR) is 114 cm³/mol. The third-order valence-electron chi connectivity index (χ3n) is 5.04. The molecule has 8 heteroatoms. The molecule has 7 nitrogen and oxygen atoms in total. The van der Waals surface area contributed by atoms with Crippen molar-refractivity contribution in [2.45, 2.75) is 25.3 Å². The smallest absolute Gasteiger partial charge is 0.258 e. The SMILES string of the molecule is O=C(Cn1c(=O)cc(-c2nc(C3CC3)no2)c2ccccc21)Nc1cccc(Cl)c1. The summed E-state index contributed by atoms with van der Waals surface area (Å²) in [7, 11) is 0. The number of nitrogens with one attached hydrogen (secondary N) is 1. The van der Waals surface area contributed by atoms with Crippen LogP contribution in [0.5, 0.6) is 0 Å². The summed E-state index contributed by atoms with van der Waals surface area (Å²) >= 11 is 5.97. The van der Waals surface area contributed by atoms with E-state index in [0.717, 1.165) is 18.2 Å². The molecule has 0 saturated heterocycles. The standard InChI is InChI=1S/C22H17ClN4O3/c23-14-4-3-5-15(10-14)24-19(28)12-27-18-7-2-1-6-16(18)17(11-20(27)29)22-25-21(26-30-22)13-8-9-13/h1-7,10-11,13H,8-9,12H2,(H,24,28). The lowest BCUT2D eigenvalue weighted by Gasteiger charge is -2.12. The zero-order valence-corrected chi connectivity index (χ0v) is 16.6. The predicted octanol–water partition coefficient (Wildman–Crippen LogP) is 4.22. The van der Waals surface area contributed by atoms with Gasteiger partial charge in [-0.2, -0.15) is 4.98 Å². The van der Waals surface area contributed by atoms with Crippen molar-refractivity contribution in [3.63, 3.8) is 0 Å². The van der Waals surface area contributed by atoms with E-state index in [9.17, 15) is 9.59 Å². The molecule has 4 aromatic rings. The molecule has 1 amide bonds. The van der Waals surface area contributed by atoms with Gasteiger partial charge in [0.2, 0.25) is 5.91 Å². The van der Waals surface area contributed by atoms with E-state index >= 15 is 0 Å². The lowest BCUT2D eigenvalue weighted by atomic mass is 10.1. The van der Waals surface area contributed by atoms with E-state index in [1.54, 1.807) is 30.3 Å². The van der Waals surface area contributed by atoms with Gasteiger partial charge in [-0.3, -0.25) is 14.2 Å². The van der Waals surface area contributed by atoms with Crippen molar-refractivity contribution < 1.29 is 9.32 Å². The first-order chi connectivity index (χ1) is 14.6. The molecule has 30 heavy (non-hydrogen) atoms. The van der Waals surface area contributed by atoms with Crippen LogP contribution >= 0.6 is 11.6 Å². The minimum atomic E-state index is -0.328. The van der Waals surface area contributed by atoms with Crippen LogP contribution in [0.4, 0.5) is 5.69 Å². The van der Waals surface area contributed by atoms with Crippen LogP contribution in [0.15, 0.2) is 63.9 Å². The van der Waals surface area contributed by atoms with Gasteiger partial charge in [0.05, 0.1) is 11.1 Å². The highest BCUT2D eigenvalue weighted by molar-refractivity contribution is 6.30. The number of nitrogens with zero attached hydrogens (tertiary/aromatic N) is 3. The number of para-hydroxylation sites is 1. The molecule has 0 aliphatic heterocycles. The summed E-state index contributed by atoms with van der Waals surface area (Å²) in [6, 6.07) is 15.7. The van der Waals surface area contributed by atoms with Gasteiger partial charge in [-0.25, -0.2) is 0 Å². The van der Waals surface area contributed by atoms with Crippen molar-refractivity contribution in [1.82, 2.24) is 14.7 Å². The molecule has 2 aromatic carbocycles. The Kier molecular flexibility index (Phi) is 4.59. The van der Waals surface area contributed by atoms with Gasteiger partial charge in [0.1, 0.15) is 6.54 Å². The molecule has 1 saturated carbocycles. The first-order valence-corrected chi connectivity index (χ1v) is 9.98. The highest BCUT2D eigenvalue weighted by Gasteiger charge is 2.29. The summed E-state index contributed by atoms with van der Waals surface area (Å²) in [5.74, 6) is 1.02. The average Bonchev–Trinajstić information content (AvgIpc) is 3.47. The normalized spacial score (nSPS) is 13.5. The molecule has 0 unspecified atom stereocenters. The Morgan fingerprint density at radius 3 is 2.80 bits per heavy atom. The zero-order valence-electron chi connectivity index (χ0n) is 15.8. The molecule has 2 heterocycles. The fourth-order valence-corrected chi connectivity index (χ4v) is 3.63. The number of rotatable bonds is 5. The van der Waals surface area contributed by atoms with Crippen molar-refractivity contribution in [1.29, 1.82) is 0 Å². The number of fused-ring (bicyclic) bond motifs is 1. The average molecular weight is 421 g/mol. The molecule has 0 radical (unpaired) electrons. The molecule has 1 aliphatic rings. The lowest BCUT2D eigenvalue weighted by Crippen LogP contribution is -2.27. The molecule has 0 spiro atoms. The van der Waals surface area contributed by atoms with Crippen molar-refractivity contribution in [3.05, 3.63) is 75.8 Å². The van der Waals surface area contributed by atoms with Crippen LogP contribution in [-0.2, 0) is 11.3 Å². The van der Waals surface area contributed by atoms with Crippen LogP contribution in [0.25, 0.3) is 22.4 Å². The fraction of sp³-hybridized carbons (Fsp3) is 0.182. The van der Waals surface area contributed by atoms with E-state index < -0.39 is 0 Å². The molecular formula is C22H17ClN4O3. The number of amides is 1. The third kappa shape index (κ3) is 3.59. The second kappa shape index (κ2) is 7.42. The Bertz CT molecular complexity index is 1320. The second-order valence-electron chi connectivity index (χ2n) is 7.29. The summed E-state index contributed by atoms with van der Waals surface area (Å²) < 4.78 is 6.85. The number of hydrogen-bond acceptors (Lipinski definition) is 5. The number of anilines is 1. The van der Waals surface area contributed by atoms with Gasteiger partial charge in [0.15, 0.2) is 5.82 Å². The van der Waals surface area contributed by atoms with E-state index in [2.05, 4.69) is 15.5 Å². The van der Waals surface area contributed by atoms with Gasteiger partial charge >= 0.3 is 0 Å². The summed E-state index contributed by atoms with van der Waals surface area (Å²) in [4.78, 5) is 29.9. The summed E-state index contributed by atoms with van der Waals surface area (Å²) in [6.45, 7) is -0.136. The quantitative estimate of drug-likeness (QED) is 0.522. The van der Waals surface area contributed by atoms with Crippen LogP contribution in [0.2, 0.25) is 5.02 Å². The minimum Gasteiger partial charge on any atom is -0.334 e. The molecule has 0 atom stereocenters. The van der Waals surface area contributed by atoms with Crippen molar-refractivity contribution in [3.8, 4) is 11.5 Å². The Balaban J connectivity index is 1.50. The van der Waals surface area contributed by atoms with Gasteiger partial charge in [0, 0.05) is 28.1 Å². The van der Waals surface area contributed by atoms with Crippen molar-refractivity contribution in [2.24, 2.45) is 0 Å². The van der Waals surface area contributed by atoms with E-state index in [1.165, 1.54) is 10.6 Å². The monoisotopic (exact) mass is 420 g/mol. The van der Waals surface area contributed by atoms with Crippen molar-refractivity contribution >= 4 is 34.1 Å². The molecule has 0 bridgehead atoms. The molecule has 1 aliphatic carbocycles. The van der Waals surface area contributed by atoms with Crippen LogP contribution < -0.4 is 10.9 Å². The molecule has 1 N–H and O–H groups in total. The van der Waals surface area contributed by atoms with E-state index in [1.807, 2.05) is 18.2 Å². The van der Waals surface area contributed by atoms with Crippen LogP contribution in [0, 0.1) is 0 Å². The third-order valence-corrected chi connectivity index (χ3v) is 5.28. The Labute approximate surface area is 176 Å². The lowest BCUT2D eigenvalue weighted by molar-refractivity contribution is -0.116. The fourth-order valence-electron chi connectivity index (χ4n) is 3.44. The molecule has 2 aromatic heterocycles. The maximum absolute atomic E-state index is 12.9. The molecular weight excluding hydrogens is 404 g/mol. The van der Waals surface area contributed by atoms with Crippen LogP contribution in [0.3, 0.4) is 0 Å².